The molecule has 0 N–H and O–H groups in total. The van der Waals surface area contributed by atoms with Gasteiger partial charge in [-0.1, -0.05) is 18.2 Å². The van der Waals surface area contributed by atoms with E-state index in [0.717, 1.165) is 33.7 Å². The van der Waals surface area contributed by atoms with E-state index in [9.17, 15) is 0 Å². The van der Waals surface area contributed by atoms with E-state index in [0.29, 0.717) is 11.5 Å². The molecule has 26 heavy (non-hydrogen) atoms. The zero-order valence-electron chi connectivity index (χ0n) is 14.9. The molecule has 0 saturated heterocycles. The predicted molar refractivity (Wildman–Crippen MR) is 102 cm³/mol. The molecule has 3 heterocycles. The third-order valence-electron chi connectivity index (χ3n) is 4.34. The number of methoxy groups -OCH3 is 2. The fourth-order valence-corrected chi connectivity index (χ4v) is 3.13. The third-order valence-corrected chi connectivity index (χ3v) is 4.34. The van der Waals surface area contributed by atoms with E-state index in [2.05, 4.69) is 11.1 Å². The summed E-state index contributed by atoms with van der Waals surface area (Å²) in [5, 5.41) is 4.78. The monoisotopic (exact) mass is 345 g/mol. The smallest absolute Gasteiger partial charge is 0.161 e. The van der Waals surface area contributed by atoms with E-state index in [1.54, 1.807) is 14.2 Å². The highest BCUT2D eigenvalue weighted by Gasteiger charge is 2.18. The van der Waals surface area contributed by atoms with E-state index >= 15 is 0 Å². The lowest BCUT2D eigenvalue weighted by atomic mass is 10.0. The molecule has 0 aliphatic carbocycles. The van der Waals surface area contributed by atoms with Crippen molar-refractivity contribution in [1.82, 2.24) is 14.6 Å². The lowest BCUT2D eigenvalue weighted by molar-refractivity contribution is 0.355. The summed E-state index contributed by atoms with van der Waals surface area (Å²) < 4.78 is 12.7. The van der Waals surface area contributed by atoms with E-state index in [1.807, 2.05) is 66.2 Å². The molecule has 3 aromatic heterocycles. The summed E-state index contributed by atoms with van der Waals surface area (Å²) >= 11 is 0. The molecule has 0 spiro atoms. The van der Waals surface area contributed by atoms with Gasteiger partial charge in [0.1, 0.15) is 5.69 Å². The number of rotatable bonds is 4. The number of aromatic nitrogens is 3. The van der Waals surface area contributed by atoms with E-state index in [1.165, 1.54) is 0 Å². The van der Waals surface area contributed by atoms with Crippen LogP contribution in [-0.2, 0) is 0 Å². The van der Waals surface area contributed by atoms with Gasteiger partial charge in [0.15, 0.2) is 11.5 Å². The second-order valence-corrected chi connectivity index (χ2v) is 5.99. The van der Waals surface area contributed by atoms with Crippen molar-refractivity contribution in [3.05, 3.63) is 66.5 Å². The van der Waals surface area contributed by atoms with E-state index < -0.39 is 0 Å². The van der Waals surface area contributed by atoms with E-state index in [-0.39, 0.29) is 0 Å². The minimum atomic E-state index is 0.684. The SMILES string of the molecule is COc1ccc(-c2c(-c3cccc(C)n3)nn3ccccc23)cc1OC. The molecule has 0 amide bonds. The van der Waals surface area contributed by atoms with Gasteiger partial charge in [0.05, 0.1) is 25.4 Å². The van der Waals surface area contributed by atoms with Crippen LogP contribution in [0.15, 0.2) is 60.8 Å². The van der Waals surface area contributed by atoms with Crippen molar-refractivity contribution >= 4 is 5.52 Å². The molecule has 0 aliphatic rings. The average Bonchev–Trinajstić information content (AvgIpc) is 3.07. The Morgan fingerprint density at radius 1 is 0.885 bits per heavy atom. The summed E-state index contributed by atoms with van der Waals surface area (Å²) in [5.74, 6) is 1.38. The average molecular weight is 345 g/mol. The Kier molecular flexibility index (Phi) is 4.05. The molecular weight excluding hydrogens is 326 g/mol. The minimum absolute atomic E-state index is 0.684. The third kappa shape index (κ3) is 2.67. The van der Waals surface area contributed by atoms with Gasteiger partial charge in [-0.15, -0.1) is 0 Å². The van der Waals surface area contributed by atoms with Crippen LogP contribution in [0.3, 0.4) is 0 Å². The van der Waals surface area contributed by atoms with Crippen molar-refractivity contribution in [3.63, 3.8) is 0 Å². The predicted octanol–water partition coefficient (Wildman–Crippen LogP) is 4.39. The molecule has 1 aromatic carbocycles. The molecule has 130 valence electrons. The molecule has 5 nitrogen and oxygen atoms in total. The number of ether oxygens (including phenoxy) is 2. The Bertz CT molecular complexity index is 1090. The first kappa shape index (κ1) is 16.1. The molecule has 0 unspecified atom stereocenters. The van der Waals surface area contributed by atoms with Crippen molar-refractivity contribution in [2.24, 2.45) is 0 Å². The van der Waals surface area contributed by atoms with Gasteiger partial charge in [0.25, 0.3) is 0 Å². The largest absolute Gasteiger partial charge is 0.493 e. The molecule has 0 aliphatic heterocycles. The van der Waals surface area contributed by atoms with Crippen molar-refractivity contribution < 1.29 is 9.47 Å². The molecule has 0 bridgehead atoms. The molecular formula is C21H19N3O2. The first-order valence-corrected chi connectivity index (χ1v) is 8.35. The Morgan fingerprint density at radius 3 is 2.50 bits per heavy atom. The van der Waals surface area contributed by atoms with Crippen molar-refractivity contribution in [3.8, 4) is 34.0 Å². The second-order valence-electron chi connectivity index (χ2n) is 5.99. The lowest BCUT2D eigenvalue weighted by Gasteiger charge is -2.10. The zero-order chi connectivity index (χ0) is 18.1. The maximum Gasteiger partial charge on any atom is 0.161 e. The topological polar surface area (TPSA) is 48.7 Å². The number of nitrogens with zero attached hydrogens (tertiary/aromatic N) is 3. The normalized spacial score (nSPS) is 10.9. The Morgan fingerprint density at radius 2 is 1.73 bits per heavy atom. The maximum atomic E-state index is 5.48. The van der Waals surface area contributed by atoms with Crippen molar-refractivity contribution in [2.75, 3.05) is 14.2 Å². The highest BCUT2D eigenvalue weighted by molar-refractivity contribution is 5.92. The van der Waals surface area contributed by atoms with Gasteiger partial charge >= 0.3 is 0 Å². The molecule has 0 fully saturated rings. The van der Waals surface area contributed by atoms with Crippen LogP contribution >= 0.6 is 0 Å². The minimum Gasteiger partial charge on any atom is -0.493 e. The standard InChI is InChI=1S/C21H19N3O2/c1-14-7-6-8-16(22-14)21-20(17-9-4-5-12-24(17)23-21)15-10-11-18(25-2)19(13-15)26-3/h4-13H,1-3H3. The van der Waals surface area contributed by atoms with Crippen LogP contribution in [0.5, 0.6) is 11.5 Å². The molecule has 0 atom stereocenters. The summed E-state index contributed by atoms with van der Waals surface area (Å²) in [7, 11) is 3.27. The number of aryl methyl sites for hydroxylation is 1. The quantitative estimate of drug-likeness (QED) is 0.550. The van der Waals surface area contributed by atoms with Gasteiger partial charge in [0, 0.05) is 17.5 Å². The summed E-state index contributed by atoms with van der Waals surface area (Å²) in [6.45, 7) is 1.98. The maximum absolute atomic E-state index is 5.48. The first-order chi connectivity index (χ1) is 12.7. The van der Waals surface area contributed by atoms with Gasteiger partial charge < -0.3 is 9.47 Å². The van der Waals surface area contributed by atoms with Gasteiger partial charge in [-0.3, -0.25) is 4.98 Å². The van der Waals surface area contributed by atoms with Crippen LogP contribution in [0.4, 0.5) is 0 Å². The molecule has 4 rings (SSSR count). The summed E-state index contributed by atoms with van der Waals surface area (Å²) in [4.78, 5) is 4.67. The number of fused-ring (bicyclic) bond motifs is 1. The van der Waals surface area contributed by atoms with Crippen LogP contribution in [0.1, 0.15) is 5.69 Å². The molecule has 0 saturated carbocycles. The van der Waals surface area contributed by atoms with Gasteiger partial charge in [-0.05, 0) is 48.9 Å². The Labute approximate surface area is 151 Å². The highest BCUT2D eigenvalue weighted by Crippen LogP contribution is 2.38. The first-order valence-electron chi connectivity index (χ1n) is 8.35. The van der Waals surface area contributed by atoms with Crippen LogP contribution in [0.2, 0.25) is 0 Å². The van der Waals surface area contributed by atoms with Crippen LogP contribution in [0.25, 0.3) is 28.0 Å². The fraction of sp³-hybridized carbons (Fsp3) is 0.143. The van der Waals surface area contributed by atoms with Gasteiger partial charge in [0.2, 0.25) is 0 Å². The Hall–Kier alpha value is -3.34. The summed E-state index contributed by atoms with van der Waals surface area (Å²) in [6, 6.07) is 17.9. The van der Waals surface area contributed by atoms with Crippen LogP contribution in [-0.4, -0.2) is 28.8 Å². The Balaban J connectivity index is 2.01. The number of hydrogen-bond donors (Lipinski definition) is 0. The number of benzene rings is 1. The second kappa shape index (κ2) is 6.52. The van der Waals surface area contributed by atoms with Crippen molar-refractivity contribution in [2.45, 2.75) is 6.92 Å². The molecule has 5 heteroatoms. The van der Waals surface area contributed by atoms with E-state index in [4.69, 9.17) is 14.6 Å². The number of hydrogen-bond acceptors (Lipinski definition) is 4. The highest BCUT2D eigenvalue weighted by atomic mass is 16.5. The van der Waals surface area contributed by atoms with Gasteiger partial charge in [-0.25, -0.2) is 4.52 Å². The fourth-order valence-electron chi connectivity index (χ4n) is 3.13. The zero-order valence-corrected chi connectivity index (χ0v) is 14.9. The lowest BCUT2D eigenvalue weighted by Crippen LogP contribution is -1.92. The summed E-state index contributed by atoms with van der Waals surface area (Å²) in [6.07, 6.45) is 1.94. The summed E-state index contributed by atoms with van der Waals surface area (Å²) in [5.41, 5.74) is 5.67. The van der Waals surface area contributed by atoms with Gasteiger partial charge in [-0.2, -0.15) is 5.10 Å². The number of pyridine rings is 2. The molecule has 0 radical (unpaired) electrons. The van der Waals surface area contributed by atoms with Crippen molar-refractivity contribution in [1.29, 1.82) is 0 Å². The van der Waals surface area contributed by atoms with Crippen LogP contribution < -0.4 is 9.47 Å². The van der Waals surface area contributed by atoms with Crippen LogP contribution in [0, 0.1) is 6.92 Å². The molecule has 4 aromatic rings.